The Hall–Kier alpha value is -1.99. The largest absolute Gasteiger partial charge is 0.497 e. The van der Waals surface area contributed by atoms with E-state index in [1.807, 2.05) is 17.9 Å². The highest BCUT2D eigenvalue weighted by molar-refractivity contribution is 5.78. The number of allylic oxidation sites excluding steroid dienone is 2. The van der Waals surface area contributed by atoms with Gasteiger partial charge < -0.3 is 19.3 Å². The molecule has 30 heavy (non-hydrogen) atoms. The van der Waals surface area contributed by atoms with Gasteiger partial charge in [-0.3, -0.25) is 14.6 Å². The molecule has 1 unspecified atom stereocenters. The van der Waals surface area contributed by atoms with Crippen molar-refractivity contribution in [3.63, 3.8) is 0 Å². The van der Waals surface area contributed by atoms with E-state index < -0.39 is 0 Å². The predicted molar refractivity (Wildman–Crippen MR) is 121 cm³/mol. The number of amides is 1. The molecule has 2 fully saturated rings. The van der Waals surface area contributed by atoms with Crippen LogP contribution < -0.4 is 0 Å². The van der Waals surface area contributed by atoms with Crippen molar-refractivity contribution in [1.82, 2.24) is 19.6 Å². The Morgan fingerprint density at radius 3 is 2.10 bits per heavy atom. The van der Waals surface area contributed by atoms with Gasteiger partial charge >= 0.3 is 0 Å². The number of carbonyl (C=O) groups excluding carboxylic acids is 1. The van der Waals surface area contributed by atoms with Crippen molar-refractivity contribution in [2.24, 2.45) is 0 Å². The van der Waals surface area contributed by atoms with Crippen molar-refractivity contribution in [3.05, 3.63) is 35.9 Å². The molecule has 2 rings (SSSR count). The van der Waals surface area contributed by atoms with Crippen LogP contribution in [0.3, 0.4) is 0 Å². The van der Waals surface area contributed by atoms with E-state index >= 15 is 0 Å². The van der Waals surface area contributed by atoms with E-state index in [-0.39, 0.29) is 5.91 Å². The molecule has 0 saturated carbocycles. The highest BCUT2D eigenvalue weighted by atomic mass is 16.5. The molecule has 7 heteroatoms. The second-order valence-corrected chi connectivity index (χ2v) is 7.99. The Kier molecular flexibility index (Phi) is 9.72. The van der Waals surface area contributed by atoms with Crippen LogP contribution in [0.15, 0.2) is 35.9 Å². The van der Waals surface area contributed by atoms with Gasteiger partial charge in [-0.05, 0) is 20.3 Å². The lowest BCUT2D eigenvalue weighted by molar-refractivity contribution is -0.134. The van der Waals surface area contributed by atoms with E-state index in [9.17, 15) is 4.79 Å². The Bertz CT molecular complexity index is 630. The quantitative estimate of drug-likeness (QED) is 0.421. The number of carbonyl (C=O) groups is 1. The summed E-state index contributed by atoms with van der Waals surface area (Å²) < 4.78 is 10.7. The number of rotatable bonds is 9. The van der Waals surface area contributed by atoms with Gasteiger partial charge in [0.25, 0.3) is 0 Å². The molecular formula is C23H40N4O3. The highest BCUT2D eigenvalue weighted by Crippen LogP contribution is 2.20. The van der Waals surface area contributed by atoms with Crippen LogP contribution >= 0.6 is 0 Å². The Morgan fingerprint density at radius 1 is 1.00 bits per heavy atom. The smallest absolute Gasteiger partial charge is 0.236 e. The molecule has 0 aromatic heterocycles. The number of piperazine rings is 2. The molecule has 0 spiro atoms. The zero-order valence-electron chi connectivity index (χ0n) is 19.5. The standard InChI is InChI=1S/C23H40N4O3/c1-7-19(3)25-13-15-27(16-14-25)23(28)18-24-9-11-26(12-10-24)21(8-2)22(30-6)17-20(4)29-5/h8,17,19H,4,7,9-16,18H2,1-3,5-6H3/b21-8+,22-17+. The minimum absolute atomic E-state index is 0.257. The highest BCUT2D eigenvalue weighted by Gasteiger charge is 2.27. The first kappa shape index (κ1) is 24.3. The van der Waals surface area contributed by atoms with Gasteiger partial charge in [-0.2, -0.15) is 0 Å². The first-order chi connectivity index (χ1) is 14.4. The van der Waals surface area contributed by atoms with Gasteiger partial charge in [-0.1, -0.05) is 19.6 Å². The molecule has 170 valence electrons. The summed E-state index contributed by atoms with van der Waals surface area (Å²) in [5.41, 5.74) is 1.03. The third-order valence-corrected chi connectivity index (χ3v) is 6.25. The first-order valence-electron chi connectivity index (χ1n) is 11.1. The van der Waals surface area contributed by atoms with Crippen LogP contribution in [0.1, 0.15) is 27.2 Å². The van der Waals surface area contributed by atoms with Gasteiger partial charge in [0.05, 0.1) is 26.5 Å². The topological polar surface area (TPSA) is 48.5 Å². The maximum absolute atomic E-state index is 12.8. The lowest BCUT2D eigenvalue weighted by Crippen LogP contribution is -2.54. The minimum Gasteiger partial charge on any atom is -0.497 e. The number of hydrogen-bond acceptors (Lipinski definition) is 6. The summed E-state index contributed by atoms with van der Waals surface area (Å²) in [6, 6.07) is 0.600. The third-order valence-electron chi connectivity index (χ3n) is 6.25. The van der Waals surface area contributed by atoms with Gasteiger partial charge in [-0.15, -0.1) is 0 Å². The minimum atomic E-state index is 0.257. The molecule has 0 bridgehead atoms. The fourth-order valence-electron chi connectivity index (χ4n) is 4.03. The van der Waals surface area contributed by atoms with E-state index in [1.54, 1.807) is 14.2 Å². The van der Waals surface area contributed by atoms with Crippen molar-refractivity contribution in [2.75, 3.05) is 73.1 Å². The zero-order valence-corrected chi connectivity index (χ0v) is 19.5. The molecule has 2 heterocycles. The number of methoxy groups -OCH3 is 2. The van der Waals surface area contributed by atoms with Crippen molar-refractivity contribution >= 4 is 5.91 Å². The predicted octanol–water partition coefficient (Wildman–Crippen LogP) is 2.14. The molecular weight excluding hydrogens is 380 g/mol. The van der Waals surface area contributed by atoms with Gasteiger partial charge in [0.15, 0.2) is 0 Å². The summed E-state index contributed by atoms with van der Waals surface area (Å²) >= 11 is 0. The van der Waals surface area contributed by atoms with Crippen LogP contribution in [0.5, 0.6) is 0 Å². The Morgan fingerprint density at radius 2 is 1.60 bits per heavy atom. The SMILES string of the molecule is C=C(/C=C(OC)\C(=C/C)N1CCN(CC(=O)N2CCN(C(C)CC)CC2)CC1)OC. The summed E-state index contributed by atoms with van der Waals surface area (Å²) in [4.78, 5) is 21.9. The van der Waals surface area contributed by atoms with E-state index in [4.69, 9.17) is 9.47 Å². The fourth-order valence-corrected chi connectivity index (χ4v) is 4.03. The molecule has 0 radical (unpaired) electrons. The molecule has 2 aliphatic heterocycles. The Balaban J connectivity index is 1.83. The monoisotopic (exact) mass is 420 g/mol. The van der Waals surface area contributed by atoms with Crippen LogP contribution in [0, 0.1) is 0 Å². The van der Waals surface area contributed by atoms with E-state index in [0.717, 1.165) is 70.2 Å². The van der Waals surface area contributed by atoms with E-state index in [2.05, 4.69) is 41.2 Å². The van der Waals surface area contributed by atoms with Gasteiger partial charge in [0.1, 0.15) is 11.5 Å². The lowest BCUT2D eigenvalue weighted by atomic mass is 10.2. The van der Waals surface area contributed by atoms with Crippen LogP contribution in [0.4, 0.5) is 0 Å². The second kappa shape index (κ2) is 12.0. The zero-order chi connectivity index (χ0) is 22.1. The summed E-state index contributed by atoms with van der Waals surface area (Å²) in [5, 5.41) is 0. The maximum Gasteiger partial charge on any atom is 0.236 e. The molecule has 1 atom stereocenters. The molecule has 0 aliphatic carbocycles. The average molecular weight is 421 g/mol. The summed E-state index contributed by atoms with van der Waals surface area (Å²) in [5.74, 6) is 1.56. The second-order valence-electron chi connectivity index (χ2n) is 7.99. The van der Waals surface area contributed by atoms with Crippen molar-refractivity contribution in [3.8, 4) is 0 Å². The fraction of sp³-hybridized carbons (Fsp3) is 0.696. The van der Waals surface area contributed by atoms with Gasteiger partial charge in [0.2, 0.25) is 5.91 Å². The van der Waals surface area contributed by atoms with E-state index in [0.29, 0.717) is 18.3 Å². The molecule has 7 nitrogen and oxygen atoms in total. The van der Waals surface area contributed by atoms with E-state index in [1.165, 1.54) is 0 Å². The number of nitrogens with zero attached hydrogens (tertiary/aromatic N) is 4. The van der Waals surface area contributed by atoms with Crippen LogP contribution in [-0.2, 0) is 14.3 Å². The number of hydrogen-bond donors (Lipinski definition) is 0. The van der Waals surface area contributed by atoms with Crippen molar-refractivity contribution < 1.29 is 14.3 Å². The van der Waals surface area contributed by atoms with Crippen LogP contribution in [-0.4, -0.2) is 105 Å². The average Bonchev–Trinajstić information content (AvgIpc) is 2.79. The lowest BCUT2D eigenvalue weighted by Gasteiger charge is -2.40. The molecule has 2 aliphatic rings. The normalized spacial score (nSPS) is 20.8. The molecule has 2 saturated heterocycles. The van der Waals surface area contributed by atoms with Crippen LogP contribution in [0.2, 0.25) is 0 Å². The third kappa shape index (κ3) is 6.51. The van der Waals surface area contributed by atoms with Gasteiger partial charge in [-0.25, -0.2) is 0 Å². The maximum atomic E-state index is 12.8. The Labute approximate surface area is 182 Å². The van der Waals surface area contributed by atoms with Crippen molar-refractivity contribution in [2.45, 2.75) is 33.2 Å². The number of ether oxygens (including phenoxy) is 2. The first-order valence-corrected chi connectivity index (χ1v) is 11.1. The van der Waals surface area contributed by atoms with Crippen LogP contribution in [0.25, 0.3) is 0 Å². The summed E-state index contributed by atoms with van der Waals surface area (Å²) in [7, 11) is 3.26. The van der Waals surface area contributed by atoms with Gasteiger partial charge in [0, 0.05) is 64.5 Å². The summed E-state index contributed by atoms with van der Waals surface area (Å²) in [6.07, 6.45) is 5.02. The molecule has 0 aromatic rings. The summed E-state index contributed by atoms with van der Waals surface area (Å²) in [6.45, 7) is 17.9. The molecule has 0 N–H and O–H groups in total. The molecule has 0 aromatic carbocycles. The van der Waals surface area contributed by atoms with Crippen molar-refractivity contribution in [1.29, 1.82) is 0 Å². The molecule has 1 amide bonds.